The summed E-state index contributed by atoms with van der Waals surface area (Å²) in [5.41, 5.74) is 3.26. The molecule has 0 saturated heterocycles. The number of rotatable bonds is 4. The van der Waals surface area contributed by atoms with Gasteiger partial charge in [0.2, 0.25) is 0 Å². The monoisotopic (exact) mass is 284 g/mol. The fraction of sp³-hybridized carbons (Fsp3) is 0.333. The normalized spacial score (nSPS) is 17.1. The Morgan fingerprint density at radius 3 is 2.90 bits per heavy atom. The van der Waals surface area contributed by atoms with Crippen molar-refractivity contribution in [2.75, 3.05) is 7.11 Å². The summed E-state index contributed by atoms with van der Waals surface area (Å²) in [6, 6.07) is 13.8. The van der Waals surface area contributed by atoms with E-state index in [4.69, 9.17) is 9.47 Å². The third-order valence-electron chi connectivity index (χ3n) is 3.99. The van der Waals surface area contributed by atoms with E-state index >= 15 is 0 Å². The SMILES string of the molecule is COc1ccccc1COc1ccc2c(c1)[C@@H](O)CCC2. The highest BCUT2D eigenvalue weighted by Gasteiger charge is 2.18. The van der Waals surface area contributed by atoms with Crippen LogP contribution in [0.3, 0.4) is 0 Å². The standard InChI is InChI=1S/C18H20O3/c1-20-18-8-3-2-5-14(18)12-21-15-10-9-13-6-4-7-17(19)16(13)11-15/h2-3,5,8-11,17,19H,4,6-7,12H2,1H3/t17-/m0/s1. The molecule has 0 amide bonds. The Hall–Kier alpha value is -2.00. The molecule has 0 heterocycles. The van der Waals surface area contributed by atoms with Gasteiger partial charge in [0.05, 0.1) is 13.2 Å². The van der Waals surface area contributed by atoms with Crippen molar-refractivity contribution in [2.24, 2.45) is 0 Å². The average Bonchev–Trinajstić information content (AvgIpc) is 2.54. The average molecular weight is 284 g/mol. The molecule has 1 atom stereocenters. The van der Waals surface area contributed by atoms with Crippen molar-refractivity contribution in [3.63, 3.8) is 0 Å². The number of ether oxygens (including phenoxy) is 2. The Morgan fingerprint density at radius 1 is 1.19 bits per heavy atom. The number of fused-ring (bicyclic) bond motifs is 1. The molecule has 2 aromatic rings. The van der Waals surface area contributed by atoms with Gasteiger partial charge in [0, 0.05) is 5.56 Å². The number of para-hydroxylation sites is 1. The molecular weight excluding hydrogens is 264 g/mol. The number of aryl methyl sites for hydroxylation is 1. The van der Waals surface area contributed by atoms with Gasteiger partial charge in [-0.1, -0.05) is 24.3 Å². The Kier molecular flexibility index (Phi) is 4.11. The van der Waals surface area contributed by atoms with Crippen LogP contribution >= 0.6 is 0 Å². The number of hydrogen-bond donors (Lipinski definition) is 1. The zero-order chi connectivity index (χ0) is 14.7. The van der Waals surface area contributed by atoms with Crippen molar-refractivity contribution >= 4 is 0 Å². The molecule has 0 radical (unpaired) electrons. The van der Waals surface area contributed by atoms with Crippen molar-refractivity contribution in [2.45, 2.75) is 32.0 Å². The lowest BCUT2D eigenvalue weighted by Gasteiger charge is -2.22. The molecule has 110 valence electrons. The second-order valence-corrected chi connectivity index (χ2v) is 5.37. The maximum absolute atomic E-state index is 10.1. The molecule has 3 rings (SSSR count). The zero-order valence-corrected chi connectivity index (χ0v) is 12.2. The van der Waals surface area contributed by atoms with E-state index in [9.17, 15) is 5.11 Å². The van der Waals surface area contributed by atoms with Crippen LogP contribution in [-0.2, 0) is 13.0 Å². The van der Waals surface area contributed by atoms with E-state index in [1.54, 1.807) is 7.11 Å². The lowest BCUT2D eigenvalue weighted by molar-refractivity contribution is 0.156. The molecule has 1 N–H and O–H groups in total. The summed E-state index contributed by atoms with van der Waals surface area (Å²) in [6.07, 6.45) is 2.57. The first kappa shape index (κ1) is 14.0. The van der Waals surface area contributed by atoms with Crippen LogP contribution in [0.2, 0.25) is 0 Å². The Bertz CT molecular complexity index is 622. The minimum absolute atomic E-state index is 0.358. The van der Waals surface area contributed by atoms with Crippen LogP contribution in [0.4, 0.5) is 0 Å². The van der Waals surface area contributed by atoms with Crippen molar-refractivity contribution in [1.82, 2.24) is 0 Å². The molecule has 0 fully saturated rings. The lowest BCUT2D eigenvalue weighted by Crippen LogP contribution is -2.09. The van der Waals surface area contributed by atoms with Gasteiger partial charge in [-0.3, -0.25) is 0 Å². The van der Waals surface area contributed by atoms with E-state index < -0.39 is 0 Å². The number of hydrogen-bond acceptors (Lipinski definition) is 3. The van der Waals surface area contributed by atoms with Gasteiger partial charge in [-0.05, 0) is 48.6 Å². The molecule has 2 aromatic carbocycles. The summed E-state index contributed by atoms with van der Waals surface area (Å²) in [5, 5.41) is 10.1. The van der Waals surface area contributed by atoms with Crippen LogP contribution in [0.5, 0.6) is 11.5 Å². The van der Waals surface area contributed by atoms with E-state index in [1.165, 1.54) is 5.56 Å². The number of aliphatic hydroxyl groups excluding tert-OH is 1. The molecule has 0 saturated carbocycles. The summed E-state index contributed by atoms with van der Waals surface area (Å²) >= 11 is 0. The summed E-state index contributed by atoms with van der Waals surface area (Å²) < 4.78 is 11.2. The predicted octanol–water partition coefficient (Wildman–Crippen LogP) is 3.64. The summed E-state index contributed by atoms with van der Waals surface area (Å²) in [4.78, 5) is 0. The minimum atomic E-state index is -0.358. The highest BCUT2D eigenvalue weighted by molar-refractivity contribution is 5.39. The molecule has 0 unspecified atom stereocenters. The molecule has 3 heteroatoms. The topological polar surface area (TPSA) is 38.7 Å². The van der Waals surface area contributed by atoms with E-state index in [1.807, 2.05) is 36.4 Å². The van der Waals surface area contributed by atoms with Gasteiger partial charge in [0.15, 0.2) is 0 Å². The molecular formula is C18H20O3. The van der Waals surface area contributed by atoms with E-state index in [0.717, 1.165) is 41.9 Å². The largest absolute Gasteiger partial charge is 0.496 e. The van der Waals surface area contributed by atoms with Crippen LogP contribution in [-0.4, -0.2) is 12.2 Å². The first-order chi connectivity index (χ1) is 10.3. The molecule has 0 aliphatic heterocycles. The Morgan fingerprint density at radius 2 is 2.05 bits per heavy atom. The first-order valence-electron chi connectivity index (χ1n) is 7.33. The van der Waals surface area contributed by atoms with Gasteiger partial charge in [-0.15, -0.1) is 0 Å². The molecule has 1 aliphatic rings. The third kappa shape index (κ3) is 3.03. The van der Waals surface area contributed by atoms with Crippen molar-refractivity contribution in [3.05, 3.63) is 59.2 Å². The molecule has 0 spiro atoms. The zero-order valence-electron chi connectivity index (χ0n) is 12.2. The maximum Gasteiger partial charge on any atom is 0.125 e. The van der Waals surface area contributed by atoms with Gasteiger partial charge in [0.1, 0.15) is 18.1 Å². The van der Waals surface area contributed by atoms with Crippen LogP contribution in [0, 0.1) is 0 Å². The quantitative estimate of drug-likeness (QED) is 0.931. The highest BCUT2D eigenvalue weighted by Crippen LogP contribution is 2.32. The van der Waals surface area contributed by atoms with Gasteiger partial charge in [-0.2, -0.15) is 0 Å². The van der Waals surface area contributed by atoms with Gasteiger partial charge < -0.3 is 14.6 Å². The predicted molar refractivity (Wildman–Crippen MR) is 81.7 cm³/mol. The Balaban J connectivity index is 1.75. The van der Waals surface area contributed by atoms with E-state index in [2.05, 4.69) is 6.07 Å². The first-order valence-corrected chi connectivity index (χ1v) is 7.33. The van der Waals surface area contributed by atoms with Gasteiger partial charge in [-0.25, -0.2) is 0 Å². The van der Waals surface area contributed by atoms with Gasteiger partial charge in [0.25, 0.3) is 0 Å². The highest BCUT2D eigenvalue weighted by atomic mass is 16.5. The smallest absolute Gasteiger partial charge is 0.125 e. The maximum atomic E-state index is 10.1. The van der Waals surface area contributed by atoms with Crippen LogP contribution in [0.1, 0.15) is 35.6 Å². The second kappa shape index (κ2) is 6.19. The minimum Gasteiger partial charge on any atom is -0.496 e. The van der Waals surface area contributed by atoms with E-state index in [-0.39, 0.29) is 6.10 Å². The van der Waals surface area contributed by atoms with Crippen LogP contribution in [0.15, 0.2) is 42.5 Å². The fourth-order valence-corrected chi connectivity index (χ4v) is 2.83. The molecule has 3 nitrogen and oxygen atoms in total. The van der Waals surface area contributed by atoms with Gasteiger partial charge >= 0.3 is 0 Å². The number of benzene rings is 2. The van der Waals surface area contributed by atoms with Crippen molar-refractivity contribution in [1.29, 1.82) is 0 Å². The fourth-order valence-electron chi connectivity index (χ4n) is 2.83. The summed E-state index contributed by atoms with van der Waals surface area (Å²) in [7, 11) is 1.66. The van der Waals surface area contributed by atoms with Crippen LogP contribution in [0.25, 0.3) is 0 Å². The Labute approximate surface area is 125 Å². The number of aliphatic hydroxyl groups is 1. The molecule has 0 bridgehead atoms. The van der Waals surface area contributed by atoms with E-state index in [0.29, 0.717) is 6.61 Å². The van der Waals surface area contributed by atoms with Crippen LogP contribution < -0.4 is 9.47 Å². The second-order valence-electron chi connectivity index (χ2n) is 5.37. The molecule has 0 aromatic heterocycles. The molecule has 21 heavy (non-hydrogen) atoms. The van der Waals surface area contributed by atoms with Crippen molar-refractivity contribution in [3.8, 4) is 11.5 Å². The molecule has 1 aliphatic carbocycles. The third-order valence-corrected chi connectivity index (χ3v) is 3.99. The summed E-state index contributed by atoms with van der Waals surface area (Å²) in [6.45, 7) is 0.457. The number of methoxy groups -OCH3 is 1. The summed E-state index contributed by atoms with van der Waals surface area (Å²) in [5.74, 6) is 1.62. The van der Waals surface area contributed by atoms with Crippen molar-refractivity contribution < 1.29 is 14.6 Å². The lowest BCUT2D eigenvalue weighted by atomic mass is 9.89.